The summed E-state index contributed by atoms with van der Waals surface area (Å²) >= 11 is -0.930. The molecule has 11 heteroatoms. The minimum atomic E-state index is -5.34. The highest BCUT2D eigenvalue weighted by Gasteiger charge is 2.39. The third-order valence-corrected chi connectivity index (χ3v) is 2.37. The van der Waals surface area contributed by atoms with Gasteiger partial charge < -0.3 is 4.74 Å². The van der Waals surface area contributed by atoms with Gasteiger partial charge in [-0.05, 0) is 17.8 Å². The molecule has 0 unspecified atom stereocenters. The van der Waals surface area contributed by atoms with Crippen LogP contribution in [0.1, 0.15) is 0 Å². The van der Waals surface area contributed by atoms with E-state index in [0.29, 0.717) is 12.1 Å². The van der Waals surface area contributed by atoms with Crippen LogP contribution in [0, 0.1) is 10.1 Å². The number of nitrogens with zero attached hydrogens (tertiary/aromatic N) is 1. The first-order chi connectivity index (χ1) is 8.49. The van der Waals surface area contributed by atoms with Crippen LogP contribution < -0.4 is 4.74 Å². The molecule has 106 valence electrons. The number of thioether (sulfide) groups is 1. The highest BCUT2D eigenvalue weighted by Crippen LogP contribution is 2.46. The van der Waals surface area contributed by atoms with Gasteiger partial charge in [-0.3, -0.25) is 10.1 Å². The predicted molar refractivity (Wildman–Crippen MR) is 51.7 cm³/mol. The van der Waals surface area contributed by atoms with Crippen LogP contribution in [0.2, 0.25) is 0 Å². The Morgan fingerprint density at radius 3 is 2.16 bits per heavy atom. The van der Waals surface area contributed by atoms with Gasteiger partial charge in [-0.2, -0.15) is 13.2 Å². The molecule has 0 spiro atoms. The molecule has 0 aliphatic rings. The van der Waals surface area contributed by atoms with Crippen molar-refractivity contribution in [3.63, 3.8) is 0 Å². The van der Waals surface area contributed by atoms with Crippen LogP contribution >= 0.6 is 11.8 Å². The highest BCUT2D eigenvalue weighted by molar-refractivity contribution is 8.00. The minimum Gasteiger partial charge on any atom is -0.397 e. The number of hydrogen-bond acceptors (Lipinski definition) is 4. The molecule has 1 aromatic rings. The van der Waals surface area contributed by atoms with E-state index < -0.39 is 44.9 Å². The van der Waals surface area contributed by atoms with E-state index in [1.165, 1.54) is 0 Å². The van der Waals surface area contributed by atoms with E-state index in [2.05, 4.69) is 4.74 Å². The van der Waals surface area contributed by atoms with Crippen molar-refractivity contribution in [2.75, 3.05) is 0 Å². The van der Waals surface area contributed by atoms with Crippen molar-refractivity contribution in [3.05, 3.63) is 28.3 Å². The van der Waals surface area contributed by atoms with Crippen molar-refractivity contribution >= 4 is 17.4 Å². The Morgan fingerprint density at radius 1 is 1.16 bits per heavy atom. The number of ether oxygens (including phenoxy) is 1. The highest BCUT2D eigenvalue weighted by atomic mass is 32.2. The predicted octanol–water partition coefficient (Wildman–Crippen LogP) is 4.11. The fraction of sp³-hybridized carbons (Fsp3) is 0.250. The molecule has 19 heavy (non-hydrogen) atoms. The standard InChI is InChI=1S/C8H3F6NO3S/c9-7(10,11)18-6-4(15(16)17)2-1-3-5(6)19-8(12,13)14/h1-3H. The Morgan fingerprint density at radius 2 is 1.74 bits per heavy atom. The third-order valence-electron chi connectivity index (χ3n) is 1.60. The molecule has 0 N–H and O–H groups in total. The van der Waals surface area contributed by atoms with Gasteiger partial charge in [-0.1, -0.05) is 6.07 Å². The molecule has 0 aliphatic heterocycles. The summed E-state index contributed by atoms with van der Waals surface area (Å²) in [4.78, 5) is 8.19. The smallest absolute Gasteiger partial charge is 0.397 e. The summed E-state index contributed by atoms with van der Waals surface area (Å²) in [5.74, 6) is -1.48. The topological polar surface area (TPSA) is 52.4 Å². The molecule has 4 nitrogen and oxygen atoms in total. The quantitative estimate of drug-likeness (QED) is 0.365. The molecular weight excluding hydrogens is 304 g/mol. The lowest BCUT2D eigenvalue weighted by Crippen LogP contribution is -2.18. The van der Waals surface area contributed by atoms with Gasteiger partial charge in [0.05, 0.1) is 9.82 Å². The maximum Gasteiger partial charge on any atom is 0.573 e. The van der Waals surface area contributed by atoms with Crippen molar-refractivity contribution < 1.29 is 36.0 Å². The SMILES string of the molecule is O=[N+]([O-])c1cccc(SC(F)(F)F)c1OC(F)(F)F. The Kier molecular flexibility index (Phi) is 4.18. The van der Waals surface area contributed by atoms with Gasteiger partial charge in [-0.15, -0.1) is 13.2 Å². The average Bonchev–Trinajstić information content (AvgIpc) is 2.15. The fourth-order valence-electron chi connectivity index (χ4n) is 1.07. The summed E-state index contributed by atoms with van der Waals surface area (Å²) in [6, 6.07) is 2.09. The first kappa shape index (κ1) is 15.4. The van der Waals surface area contributed by atoms with Crippen LogP contribution in [0.4, 0.5) is 32.0 Å². The lowest BCUT2D eigenvalue weighted by molar-refractivity contribution is -0.389. The summed E-state index contributed by atoms with van der Waals surface area (Å²) in [7, 11) is 0. The lowest BCUT2D eigenvalue weighted by Gasteiger charge is -2.13. The molecule has 0 atom stereocenters. The number of nitro benzene ring substituents is 1. The summed E-state index contributed by atoms with van der Waals surface area (Å²) in [6.45, 7) is 0. The van der Waals surface area contributed by atoms with Crippen molar-refractivity contribution in [2.45, 2.75) is 16.8 Å². The lowest BCUT2D eigenvalue weighted by atomic mass is 10.3. The number of nitro groups is 1. The maximum atomic E-state index is 12.1. The van der Waals surface area contributed by atoms with Crippen LogP contribution in [-0.4, -0.2) is 16.8 Å². The summed E-state index contributed by atoms with van der Waals surface area (Å²) in [5.41, 5.74) is -6.11. The number of rotatable bonds is 3. The van der Waals surface area contributed by atoms with Crippen molar-refractivity contribution in [1.29, 1.82) is 0 Å². The zero-order valence-corrected chi connectivity index (χ0v) is 9.40. The molecule has 0 radical (unpaired) electrons. The fourth-order valence-corrected chi connectivity index (χ4v) is 1.71. The minimum absolute atomic E-state index is 0.613. The molecule has 0 bridgehead atoms. The van der Waals surface area contributed by atoms with Gasteiger partial charge in [0.2, 0.25) is 5.75 Å². The van der Waals surface area contributed by atoms with Crippen molar-refractivity contribution in [1.82, 2.24) is 0 Å². The van der Waals surface area contributed by atoms with Crippen LogP contribution in [0.15, 0.2) is 23.1 Å². The van der Waals surface area contributed by atoms with Crippen LogP contribution in [0.5, 0.6) is 5.75 Å². The van der Waals surface area contributed by atoms with Gasteiger partial charge >= 0.3 is 17.6 Å². The Labute approximate surface area is 105 Å². The number of alkyl halides is 6. The zero-order valence-electron chi connectivity index (χ0n) is 8.58. The zero-order chi connectivity index (χ0) is 14.8. The van der Waals surface area contributed by atoms with E-state index in [1.807, 2.05) is 0 Å². The second-order valence-corrected chi connectivity index (χ2v) is 4.06. The average molecular weight is 307 g/mol. The molecular formula is C8H3F6NO3S. The summed E-state index contributed by atoms with van der Waals surface area (Å²) < 4.78 is 75.9. The van der Waals surface area contributed by atoms with Crippen molar-refractivity contribution in [2.24, 2.45) is 0 Å². The van der Waals surface area contributed by atoms with Crippen LogP contribution in [0.3, 0.4) is 0 Å². The molecule has 1 aromatic carbocycles. The molecule has 0 saturated carbocycles. The number of para-hydroxylation sites is 1. The number of hydrogen-bond donors (Lipinski definition) is 0. The molecule has 0 heterocycles. The van der Waals surface area contributed by atoms with Gasteiger partial charge in [-0.25, -0.2) is 0 Å². The molecule has 0 saturated heterocycles. The van der Waals surface area contributed by atoms with E-state index in [9.17, 15) is 36.5 Å². The maximum absolute atomic E-state index is 12.1. The summed E-state index contributed by atoms with van der Waals surface area (Å²) in [6.07, 6.45) is -5.34. The van der Waals surface area contributed by atoms with Crippen LogP contribution in [0.25, 0.3) is 0 Å². The van der Waals surface area contributed by atoms with E-state index >= 15 is 0 Å². The Balaban J connectivity index is 3.30. The van der Waals surface area contributed by atoms with E-state index in [1.54, 1.807) is 0 Å². The molecule has 0 fully saturated rings. The second kappa shape index (κ2) is 5.15. The number of benzene rings is 1. The summed E-state index contributed by atoms with van der Waals surface area (Å²) in [5, 5.41) is 10.5. The Bertz CT molecular complexity index is 486. The van der Waals surface area contributed by atoms with Crippen molar-refractivity contribution in [3.8, 4) is 5.75 Å². The first-order valence-corrected chi connectivity index (χ1v) is 5.10. The first-order valence-electron chi connectivity index (χ1n) is 4.28. The molecule has 1 rings (SSSR count). The normalized spacial score (nSPS) is 12.3. The van der Waals surface area contributed by atoms with Gasteiger partial charge in [0.15, 0.2) is 0 Å². The largest absolute Gasteiger partial charge is 0.573 e. The second-order valence-electron chi connectivity index (χ2n) is 2.96. The monoisotopic (exact) mass is 307 g/mol. The Hall–Kier alpha value is -1.65. The van der Waals surface area contributed by atoms with E-state index in [4.69, 9.17) is 0 Å². The van der Waals surface area contributed by atoms with Crippen LogP contribution in [-0.2, 0) is 0 Å². The van der Waals surface area contributed by atoms with Gasteiger partial charge in [0, 0.05) is 6.07 Å². The molecule has 0 aromatic heterocycles. The third kappa shape index (κ3) is 4.85. The van der Waals surface area contributed by atoms with E-state index in [-0.39, 0.29) is 0 Å². The number of halogens is 6. The van der Waals surface area contributed by atoms with Gasteiger partial charge in [0.25, 0.3) is 0 Å². The molecule has 0 aliphatic carbocycles. The van der Waals surface area contributed by atoms with Gasteiger partial charge in [0.1, 0.15) is 0 Å². The van der Waals surface area contributed by atoms with E-state index in [0.717, 1.165) is 6.07 Å². The molecule has 0 amide bonds.